The van der Waals surface area contributed by atoms with E-state index in [1.807, 2.05) is 0 Å². The van der Waals surface area contributed by atoms with Gasteiger partial charge in [0.25, 0.3) is 0 Å². The zero-order valence-corrected chi connectivity index (χ0v) is 8.27. The molecule has 2 amide bonds. The quantitative estimate of drug-likeness (QED) is 0.553. The summed E-state index contributed by atoms with van der Waals surface area (Å²) in [5.74, 6) is -2.20. The number of nitrogens with one attached hydrogen (secondary N) is 1. The lowest BCUT2D eigenvalue weighted by Crippen LogP contribution is -2.40. The van der Waals surface area contributed by atoms with Crippen LogP contribution in [-0.2, 0) is 14.4 Å². The second kappa shape index (κ2) is 3.30. The van der Waals surface area contributed by atoms with Crippen LogP contribution in [0.3, 0.4) is 0 Å². The molecule has 0 unspecified atom stereocenters. The summed E-state index contributed by atoms with van der Waals surface area (Å²) in [5, 5.41) is 11.1. The Balaban J connectivity index is 2.10. The van der Waals surface area contributed by atoms with Crippen molar-refractivity contribution in [1.82, 2.24) is 10.2 Å². The Bertz CT molecular complexity index is 319. The number of likely N-dealkylation sites (tertiary alicyclic amines) is 1. The van der Waals surface area contributed by atoms with E-state index < -0.39 is 12.0 Å². The standard InChI is InChI=1S/C9H12N2O4/c1-4(9(14)15)11-2-5-6(3-11)8(13)10-7(5)12/h4-6H,2-3H2,1H3,(H,14,15)(H,10,12,13)/t4-,5+,6+/m1/s1. The summed E-state index contributed by atoms with van der Waals surface area (Å²) in [4.78, 5) is 35.0. The Morgan fingerprint density at radius 1 is 1.40 bits per heavy atom. The van der Waals surface area contributed by atoms with Gasteiger partial charge in [0.1, 0.15) is 6.04 Å². The highest BCUT2D eigenvalue weighted by molar-refractivity contribution is 6.05. The highest BCUT2D eigenvalue weighted by Crippen LogP contribution is 2.29. The van der Waals surface area contributed by atoms with Crippen molar-refractivity contribution in [1.29, 1.82) is 0 Å². The smallest absolute Gasteiger partial charge is 0.320 e. The average molecular weight is 212 g/mol. The summed E-state index contributed by atoms with van der Waals surface area (Å²) in [7, 11) is 0. The van der Waals surface area contributed by atoms with Crippen molar-refractivity contribution in [3.05, 3.63) is 0 Å². The van der Waals surface area contributed by atoms with Crippen LogP contribution in [0, 0.1) is 11.8 Å². The van der Waals surface area contributed by atoms with Crippen LogP contribution in [0.2, 0.25) is 0 Å². The molecule has 2 N–H and O–H groups in total. The summed E-state index contributed by atoms with van der Waals surface area (Å²) >= 11 is 0. The maximum absolute atomic E-state index is 11.3. The summed E-state index contributed by atoms with van der Waals surface area (Å²) in [5.41, 5.74) is 0. The van der Waals surface area contributed by atoms with Crippen LogP contribution in [0.15, 0.2) is 0 Å². The Morgan fingerprint density at radius 3 is 2.27 bits per heavy atom. The molecule has 0 aromatic rings. The van der Waals surface area contributed by atoms with Crippen molar-refractivity contribution in [2.24, 2.45) is 11.8 Å². The Morgan fingerprint density at radius 2 is 1.87 bits per heavy atom. The molecule has 15 heavy (non-hydrogen) atoms. The van der Waals surface area contributed by atoms with Crippen LogP contribution in [0.4, 0.5) is 0 Å². The average Bonchev–Trinajstić information content (AvgIpc) is 2.68. The van der Waals surface area contributed by atoms with Gasteiger partial charge < -0.3 is 5.11 Å². The number of hydrogen-bond acceptors (Lipinski definition) is 4. The number of fused-ring (bicyclic) bond motifs is 1. The molecule has 2 fully saturated rings. The van der Waals surface area contributed by atoms with E-state index in [1.165, 1.54) is 0 Å². The number of nitrogens with zero attached hydrogens (tertiary/aromatic N) is 1. The number of hydrogen-bond donors (Lipinski definition) is 2. The maximum Gasteiger partial charge on any atom is 0.320 e. The van der Waals surface area contributed by atoms with E-state index in [-0.39, 0.29) is 23.7 Å². The molecule has 0 bridgehead atoms. The minimum absolute atomic E-state index is 0.273. The summed E-state index contributed by atoms with van der Waals surface area (Å²) in [6.07, 6.45) is 0. The molecule has 2 saturated heterocycles. The van der Waals surface area contributed by atoms with Crippen LogP contribution in [0.25, 0.3) is 0 Å². The molecule has 2 aliphatic rings. The molecule has 0 spiro atoms. The molecule has 3 atom stereocenters. The minimum Gasteiger partial charge on any atom is -0.480 e. The first-order valence-electron chi connectivity index (χ1n) is 4.82. The molecule has 6 nitrogen and oxygen atoms in total. The van der Waals surface area contributed by atoms with Gasteiger partial charge in [-0.3, -0.25) is 24.6 Å². The fourth-order valence-electron chi connectivity index (χ4n) is 2.14. The van der Waals surface area contributed by atoms with Gasteiger partial charge in [0.15, 0.2) is 0 Å². The topological polar surface area (TPSA) is 86.7 Å². The molecule has 0 aromatic heterocycles. The molecular weight excluding hydrogens is 200 g/mol. The second-order valence-corrected chi connectivity index (χ2v) is 4.03. The van der Waals surface area contributed by atoms with E-state index in [0.29, 0.717) is 13.1 Å². The van der Waals surface area contributed by atoms with Crippen LogP contribution < -0.4 is 5.32 Å². The molecule has 82 valence electrons. The molecule has 0 aliphatic carbocycles. The predicted octanol–water partition coefficient (Wildman–Crippen LogP) is -1.34. The Hall–Kier alpha value is -1.43. The third-order valence-corrected chi connectivity index (χ3v) is 3.17. The fourth-order valence-corrected chi connectivity index (χ4v) is 2.14. The van der Waals surface area contributed by atoms with E-state index in [0.717, 1.165) is 0 Å². The van der Waals surface area contributed by atoms with Gasteiger partial charge in [0.2, 0.25) is 11.8 Å². The van der Waals surface area contributed by atoms with Gasteiger partial charge in [-0.05, 0) is 6.92 Å². The van der Waals surface area contributed by atoms with Gasteiger partial charge in [-0.2, -0.15) is 0 Å². The van der Waals surface area contributed by atoms with Gasteiger partial charge in [0.05, 0.1) is 11.8 Å². The molecule has 0 saturated carbocycles. The van der Waals surface area contributed by atoms with Crippen molar-refractivity contribution in [3.63, 3.8) is 0 Å². The van der Waals surface area contributed by atoms with Gasteiger partial charge in [-0.15, -0.1) is 0 Å². The zero-order chi connectivity index (χ0) is 11.2. The summed E-state index contributed by atoms with van der Waals surface area (Å²) in [6, 6.07) is -0.642. The van der Waals surface area contributed by atoms with Gasteiger partial charge in [-0.25, -0.2) is 0 Å². The normalized spacial score (nSPS) is 32.6. The van der Waals surface area contributed by atoms with Crippen molar-refractivity contribution >= 4 is 17.8 Å². The van der Waals surface area contributed by atoms with E-state index in [9.17, 15) is 14.4 Å². The zero-order valence-electron chi connectivity index (χ0n) is 8.27. The lowest BCUT2D eigenvalue weighted by atomic mass is 10.00. The number of carbonyl (C=O) groups is 3. The lowest BCUT2D eigenvalue weighted by molar-refractivity contribution is -0.143. The highest BCUT2D eigenvalue weighted by Gasteiger charge is 2.49. The van der Waals surface area contributed by atoms with Crippen molar-refractivity contribution in [3.8, 4) is 0 Å². The second-order valence-electron chi connectivity index (χ2n) is 4.03. The summed E-state index contributed by atoms with van der Waals surface area (Å²) in [6.45, 7) is 2.27. The third-order valence-electron chi connectivity index (χ3n) is 3.17. The van der Waals surface area contributed by atoms with Gasteiger partial charge in [0, 0.05) is 13.1 Å². The number of carbonyl (C=O) groups excluding carboxylic acids is 2. The largest absolute Gasteiger partial charge is 0.480 e. The predicted molar refractivity (Wildman–Crippen MR) is 48.8 cm³/mol. The van der Waals surface area contributed by atoms with E-state index in [2.05, 4.69) is 5.32 Å². The van der Waals surface area contributed by atoms with Crippen molar-refractivity contribution in [2.75, 3.05) is 13.1 Å². The van der Waals surface area contributed by atoms with Crippen LogP contribution in [-0.4, -0.2) is 46.9 Å². The molecule has 6 heteroatoms. The van der Waals surface area contributed by atoms with E-state index >= 15 is 0 Å². The van der Waals surface area contributed by atoms with Crippen molar-refractivity contribution in [2.45, 2.75) is 13.0 Å². The third kappa shape index (κ3) is 1.50. The Labute approximate surface area is 86.2 Å². The number of rotatable bonds is 2. The van der Waals surface area contributed by atoms with Gasteiger partial charge >= 0.3 is 5.97 Å². The number of carboxylic acids is 1. The van der Waals surface area contributed by atoms with E-state index in [4.69, 9.17) is 5.11 Å². The van der Waals surface area contributed by atoms with Crippen LogP contribution >= 0.6 is 0 Å². The highest BCUT2D eigenvalue weighted by atomic mass is 16.4. The number of imide groups is 1. The Kier molecular flexibility index (Phi) is 2.22. The van der Waals surface area contributed by atoms with Crippen molar-refractivity contribution < 1.29 is 19.5 Å². The SMILES string of the molecule is C[C@H](C(=O)O)N1C[C@@H]2C(=O)NC(=O)[C@H]2C1. The number of aliphatic carboxylic acids is 1. The first-order valence-corrected chi connectivity index (χ1v) is 4.82. The number of carboxylic acid groups (broad SMARTS) is 1. The van der Waals surface area contributed by atoms with E-state index in [1.54, 1.807) is 11.8 Å². The molecule has 0 aromatic carbocycles. The van der Waals surface area contributed by atoms with Gasteiger partial charge in [-0.1, -0.05) is 0 Å². The molecule has 2 rings (SSSR count). The maximum atomic E-state index is 11.3. The number of amides is 2. The van der Waals surface area contributed by atoms with Crippen LogP contribution in [0.5, 0.6) is 0 Å². The van der Waals surface area contributed by atoms with Crippen LogP contribution in [0.1, 0.15) is 6.92 Å². The first-order chi connectivity index (χ1) is 7.00. The molecular formula is C9H12N2O4. The fraction of sp³-hybridized carbons (Fsp3) is 0.667. The summed E-state index contributed by atoms with van der Waals surface area (Å²) < 4.78 is 0. The molecule has 2 aliphatic heterocycles. The first kappa shape index (κ1) is 10.1. The monoisotopic (exact) mass is 212 g/mol. The molecule has 0 radical (unpaired) electrons. The lowest BCUT2D eigenvalue weighted by Gasteiger charge is -2.20. The molecule has 2 heterocycles. The minimum atomic E-state index is -0.928.